The van der Waals surface area contributed by atoms with Crippen LogP contribution >= 0.6 is 0 Å². The molecule has 0 aromatic carbocycles. The zero-order valence-electron chi connectivity index (χ0n) is 13.3. The summed E-state index contributed by atoms with van der Waals surface area (Å²) in [6.07, 6.45) is 6.09. The van der Waals surface area contributed by atoms with E-state index in [4.69, 9.17) is 0 Å². The molecule has 124 valence electrons. The minimum Gasteiger partial charge on any atom is -0.249 e. The number of aromatic nitrogens is 3. The Bertz CT molecular complexity index is 578. The number of piperidine rings is 2. The van der Waals surface area contributed by atoms with Gasteiger partial charge in [-0.25, -0.2) is 9.67 Å². The van der Waals surface area contributed by atoms with Gasteiger partial charge in [0.2, 0.25) is 0 Å². The first-order valence-corrected chi connectivity index (χ1v) is 9.46. The summed E-state index contributed by atoms with van der Waals surface area (Å²) in [5.74, 6) is 0.851. The summed E-state index contributed by atoms with van der Waals surface area (Å²) in [7, 11) is -3.37. The minimum atomic E-state index is -3.37. The van der Waals surface area contributed by atoms with Crippen LogP contribution in [0.15, 0.2) is 12.7 Å². The molecule has 0 N–H and O–H groups in total. The van der Waals surface area contributed by atoms with Gasteiger partial charge in [-0.1, -0.05) is 13.8 Å². The topological polar surface area (TPSA) is 71.3 Å². The second kappa shape index (κ2) is 6.25. The van der Waals surface area contributed by atoms with Gasteiger partial charge in [-0.2, -0.15) is 22.1 Å². The summed E-state index contributed by atoms with van der Waals surface area (Å²) in [6, 6.07) is 0.0886. The lowest BCUT2D eigenvalue weighted by molar-refractivity contribution is 0.191. The van der Waals surface area contributed by atoms with Crippen molar-refractivity contribution in [3.05, 3.63) is 12.7 Å². The molecule has 3 rings (SSSR count). The van der Waals surface area contributed by atoms with Crippen LogP contribution in [0.2, 0.25) is 0 Å². The molecule has 2 saturated heterocycles. The normalized spacial score (nSPS) is 32.2. The molecule has 0 amide bonds. The maximum Gasteiger partial charge on any atom is 0.282 e. The molecule has 0 saturated carbocycles. The first kappa shape index (κ1) is 15.9. The Balaban J connectivity index is 1.74. The van der Waals surface area contributed by atoms with Gasteiger partial charge in [-0.15, -0.1) is 0 Å². The lowest BCUT2D eigenvalue weighted by Gasteiger charge is -2.39. The van der Waals surface area contributed by atoms with E-state index in [1.54, 1.807) is 19.6 Å². The van der Waals surface area contributed by atoms with Crippen LogP contribution in [0.4, 0.5) is 0 Å². The fourth-order valence-electron chi connectivity index (χ4n) is 3.71. The lowest BCUT2D eigenvalue weighted by atomic mass is 9.94. The minimum absolute atomic E-state index is 0.0886. The fraction of sp³-hybridized carbons (Fsp3) is 0.857. The molecule has 3 heterocycles. The van der Waals surface area contributed by atoms with E-state index in [0.717, 1.165) is 19.3 Å². The van der Waals surface area contributed by atoms with Crippen LogP contribution in [-0.2, 0) is 10.2 Å². The van der Waals surface area contributed by atoms with E-state index in [1.165, 1.54) is 6.33 Å². The van der Waals surface area contributed by atoms with E-state index in [-0.39, 0.29) is 6.04 Å². The van der Waals surface area contributed by atoms with Crippen molar-refractivity contribution in [1.82, 2.24) is 23.4 Å². The molecule has 1 aromatic heterocycles. The quantitative estimate of drug-likeness (QED) is 0.834. The molecular formula is C14H25N5O2S. The molecule has 7 nitrogen and oxygen atoms in total. The number of nitrogens with zero attached hydrogens (tertiary/aromatic N) is 5. The number of hydrogen-bond donors (Lipinski definition) is 0. The maximum absolute atomic E-state index is 13.0. The predicted octanol–water partition coefficient (Wildman–Crippen LogP) is 1.14. The molecule has 0 radical (unpaired) electrons. The molecule has 1 aromatic rings. The Morgan fingerprint density at radius 1 is 1.09 bits per heavy atom. The Morgan fingerprint density at radius 3 is 2.45 bits per heavy atom. The van der Waals surface area contributed by atoms with Gasteiger partial charge in [0, 0.05) is 26.2 Å². The van der Waals surface area contributed by atoms with Crippen molar-refractivity contribution in [2.45, 2.75) is 39.2 Å². The third-order valence-corrected chi connectivity index (χ3v) is 6.59. The largest absolute Gasteiger partial charge is 0.282 e. The van der Waals surface area contributed by atoms with E-state index in [2.05, 4.69) is 23.9 Å². The molecule has 0 aliphatic carbocycles. The van der Waals surface area contributed by atoms with Crippen LogP contribution in [0.1, 0.15) is 39.2 Å². The molecule has 2 aliphatic heterocycles. The zero-order valence-corrected chi connectivity index (χ0v) is 14.1. The summed E-state index contributed by atoms with van der Waals surface area (Å²) >= 11 is 0. The first-order chi connectivity index (χ1) is 10.5. The van der Waals surface area contributed by atoms with Gasteiger partial charge >= 0.3 is 0 Å². The highest BCUT2D eigenvalue weighted by molar-refractivity contribution is 7.86. The first-order valence-electron chi connectivity index (χ1n) is 8.06. The van der Waals surface area contributed by atoms with Gasteiger partial charge < -0.3 is 0 Å². The van der Waals surface area contributed by atoms with E-state index >= 15 is 0 Å². The van der Waals surface area contributed by atoms with Gasteiger partial charge in [-0.05, 0) is 31.1 Å². The van der Waals surface area contributed by atoms with Crippen LogP contribution in [0, 0.1) is 11.8 Å². The molecule has 2 fully saturated rings. The predicted molar refractivity (Wildman–Crippen MR) is 83.3 cm³/mol. The number of hydrogen-bond acceptors (Lipinski definition) is 4. The lowest BCUT2D eigenvalue weighted by Crippen LogP contribution is -2.52. The number of rotatable bonds is 3. The van der Waals surface area contributed by atoms with Crippen molar-refractivity contribution >= 4 is 10.2 Å². The van der Waals surface area contributed by atoms with Gasteiger partial charge in [-0.3, -0.25) is 0 Å². The van der Waals surface area contributed by atoms with Crippen molar-refractivity contribution in [3.8, 4) is 0 Å². The Kier molecular flexibility index (Phi) is 4.52. The van der Waals surface area contributed by atoms with Crippen molar-refractivity contribution in [2.75, 3.05) is 26.2 Å². The third kappa shape index (κ3) is 3.18. The van der Waals surface area contributed by atoms with Crippen LogP contribution in [-0.4, -0.2) is 58.0 Å². The molecule has 3 atom stereocenters. The SMILES string of the molecule is C[C@@H]1C[C@H](C)CN(S(=O)(=O)N2CCC[C@H](n3cncn3)C2)C1. The highest BCUT2D eigenvalue weighted by Crippen LogP contribution is 2.28. The van der Waals surface area contributed by atoms with E-state index in [9.17, 15) is 8.42 Å². The molecule has 0 unspecified atom stereocenters. The molecule has 0 spiro atoms. The monoisotopic (exact) mass is 327 g/mol. The molecular weight excluding hydrogens is 302 g/mol. The smallest absolute Gasteiger partial charge is 0.249 e. The third-order valence-electron chi connectivity index (χ3n) is 4.66. The second-order valence-electron chi connectivity index (χ2n) is 6.80. The van der Waals surface area contributed by atoms with Crippen molar-refractivity contribution < 1.29 is 8.42 Å². The van der Waals surface area contributed by atoms with E-state index in [0.29, 0.717) is 38.0 Å². The maximum atomic E-state index is 13.0. The average molecular weight is 327 g/mol. The van der Waals surface area contributed by atoms with E-state index in [1.807, 2.05) is 0 Å². The molecule has 2 aliphatic rings. The van der Waals surface area contributed by atoms with Gasteiger partial charge in [0.25, 0.3) is 10.2 Å². The highest BCUT2D eigenvalue weighted by atomic mass is 32.2. The summed E-state index contributed by atoms with van der Waals surface area (Å²) in [5.41, 5.74) is 0. The second-order valence-corrected chi connectivity index (χ2v) is 8.73. The molecule has 0 bridgehead atoms. The molecule has 22 heavy (non-hydrogen) atoms. The fourth-order valence-corrected chi connectivity index (χ4v) is 5.64. The zero-order chi connectivity index (χ0) is 15.7. The van der Waals surface area contributed by atoms with Crippen molar-refractivity contribution in [3.63, 3.8) is 0 Å². The van der Waals surface area contributed by atoms with Crippen LogP contribution in [0.5, 0.6) is 0 Å². The average Bonchev–Trinajstić information content (AvgIpc) is 3.00. The summed E-state index contributed by atoms with van der Waals surface area (Å²) in [5, 5.41) is 4.16. The Labute approximate surface area is 132 Å². The van der Waals surface area contributed by atoms with Crippen molar-refractivity contribution in [2.24, 2.45) is 11.8 Å². The highest BCUT2D eigenvalue weighted by Gasteiger charge is 2.37. The van der Waals surface area contributed by atoms with Crippen molar-refractivity contribution in [1.29, 1.82) is 0 Å². The van der Waals surface area contributed by atoms with Crippen LogP contribution in [0.25, 0.3) is 0 Å². The van der Waals surface area contributed by atoms with E-state index < -0.39 is 10.2 Å². The van der Waals surface area contributed by atoms with Gasteiger partial charge in [0.1, 0.15) is 12.7 Å². The standard InChI is InChI=1S/C14H25N5O2S/c1-12-6-13(2)8-18(7-12)22(20,21)17-5-3-4-14(9-17)19-11-15-10-16-19/h10-14H,3-9H2,1-2H3/t12-,13+,14-/m0/s1. The Hall–Kier alpha value is -0.990. The summed E-state index contributed by atoms with van der Waals surface area (Å²) in [6.45, 7) is 6.63. The molecule has 8 heteroatoms. The Morgan fingerprint density at radius 2 is 1.82 bits per heavy atom. The van der Waals surface area contributed by atoms with Gasteiger partial charge in [0.05, 0.1) is 6.04 Å². The summed E-state index contributed by atoms with van der Waals surface area (Å²) < 4.78 is 31.0. The van der Waals surface area contributed by atoms with Gasteiger partial charge in [0.15, 0.2) is 0 Å². The van der Waals surface area contributed by atoms with Crippen LogP contribution in [0.3, 0.4) is 0 Å². The summed E-state index contributed by atoms with van der Waals surface area (Å²) in [4.78, 5) is 3.97. The van der Waals surface area contributed by atoms with Crippen LogP contribution < -0.4 is 0 Å².